The standard InChI is InChI=1S/C18H19F3N2O2/c1-23(13-14-7-9-15(10-8-14)18(19,20)21)17(24)22-11-12-25-16-5-3-2-4-6-16/h2-10H,11-13H2,1H3,(H,22,24). The second kappa shape index (κ2) is 8.41. The van der Waals surface area contributed by atoms with Crippen molar-refractivity contribution in [1.82, 2.24) is 10.2 Å². The summed E-state index contributed by atoms with van der Waals surface area (Å²) in [6, 6.07) is 13.6. The van der Waals surface area contributed by atoms with E-state index in [4.69, 9.17) is 4.74 Å². The van der Waals surface area contributed by atoms with Gasteiger partial charge in [0.25, 0.3) is 0 Å². The van der Waals surface area contributed by atoms with Gasteiger partial charge in [-0.1, -0.05) is 30.3 Å². The van der Waals surface area contributed by atoms with Gasteiger partial charge in [0, 0.05) is 13.6 Å². The number of nitrogens with one attached hydrogen (secondary N) is 1. The van der Waals surface area contributed by atoms with Crippen LogP contribution < -0.4 is 10.1 Å². The van der Waals surface area contributed by atoms with Gasteiger partial charge in [-0.2, -0.15) is 13.2 Å². The van der Waals surface area contributed by atoms with Gasteiger partial charge in [-0.15, -0.1) is 0 Å². The predicted octanol–water partition coefficient (Wildman–Crippen LogP) is 3.93. The summed E-state index contributed by atoms with van der Waals surface area (Å²) >= 11 is 0. The Morgan fingerprint density at radius 2 is 1.72 bits per heavy atom. The van der Waals surface area contributed by atoms with E-state index in [1.807, 2.05) is 30.3 Å². The van der Waals surface area contributed by atoms with Crippen molar-refractivity contribution in [3.63, 3.8) is 0 Å². The summed E-state index contributed by atoms with van der Waals surface area (Å²) in [5, 5.41) is 2.69. The highest BCUT2D eigenvalue weighted by Crippen LogP contribution is 2.29. The van der Waals surface area contributed by atoms with Gasteiger partial charge in [0.05, 0.1) is 12.1 Å². The lowest BCUT2D eigenvalue weighted by Crippen LogP contribution is -2.38. The fourth-order valence-electron chi connectivity index (χ4n) is 2.12. The molecule has 4 nitrogen and oxygen atoms in total. The number of ether oxygens (including phenoxy) is 1. The molecule has 0 spiro atoms. The molecule has 0 aromatic heterocycles. The van der Waals surface area contributed by atoms with E-state index in [1.165, 1.54) is 17.0 Å². The number of alkyl halides is 3. The predicted molar refractivity (Wildman–Crippen MR) is 88.2 cm³/mol. The van der Waals surface area contributed by atoms with Crippen molar-refractivity contribution >= 4 is 6.03 Å². The molecule has 2 aromatic rings. The number of carbonyl (C=O) groups excluding carboxylic acids is 1. The molecule has 0 aliphatic rings. The summed E-state index contributed by atoms with van der Waals surface area (Å²) in [7, 11) is 1.57. The van der Waals surface area contributed by atoms with Crippen molar-refractivity contribution in [2.45, 2.75) is 12.7 Å². The number of carbonyl (C=O) groups is 1. The van der Waals surface area contributed by atoms with E-state index in [0.29, 0.717) is 18.7 Å². The minimum atomic E-state index is -4.36. The second-order valence-electron chi connectivity index (χ2n) is 5.44. The molecule has 25 heavy (non-hydrogen) atoms. The Morgan fingerprint density at radius 3 is 2.32 bits per heavy atom. The van der Waals surface area contributed by atoms with Crippen LogP contribution in [0.15, 0.2) is 54.6 Å². The molecule has 2 aromatic carbocycles. The molecule has 7 heteroatoms. The average Bonchev–Trinajstić information content (AvgIpc) is 2.59. The Labute approximate surface area is 144 Å². The van der Waals surface area contributed by atoms with Gasteiger partial charge < -0.3 is 15.0 Å². The Bertz CT molecular complexity index is 673. The quantitative estimate of drug-likeness (QED) is 0.801. The molecule has 134 valence electrons. The SMILES string of the molecule is CN(Cc1ccc(C(F)(F)F)cc1)C(=O)NCCOc1ccccc1. The molecule has 0 aliphatic heterocycles. The molecule has 0 saturated carbocycles. The molecule has 0 heterocycles. The lowest BCUT2D eigenvalue weighted by Gasteiger charge is -2.18. The van der Waals surface area contributed by atoms with Crippen LogP contribution in [-0.2, 0) is 12.7 Å². The summed E-state index contributed by atoms with van der Waals surface area (Å²) in [5.74, 6) is 0.717. The van der Waals surface area contributed by atoms with Crippen molar-refractivity contribution in [1.29, 1.82) is 0 Å². The van der Waals surface area contributed by atoms with E-state index in [2.05, 4.69) is 5.32 Å². The number of para-hydroxylation sites is 1. The Hall–Kier alpha value is -2.70. The first kappa shape index (κ1) is 18.6. The molecular weight excluding hydrogens is 333 g/mol. The van der Waals surface area contributed by atoms with Crippen LogP contribution >= 0.6 is 0 Å². The highest BCUT2D eigenvalue weighted by molar-refractivity contribution is 5.73. The van der Waals surface area contributed by atoms with Gasteiger partial charge in [-0.25, -0.2) is 4.79 Å². The topological polar surface area (TPSA) is 41.6 Å². The molecule has 1 N–H and O–H groups in total. The highest BCUT2D eigenvalue weighted by Gasteiger charge is 2.29. The molecule has 2 amide bonds. The first-order valence-corrected chi connectivity index (χ1v) is 7.69. The molecular formula is C18H19F3N2O2. The fourth-order valence-corrected chi connectivity index (χ4v) is 2.12. The molecule has 0 aliphatic carbocycles. The van der Waals surface area contributed by atoms with Crippen LogP contribution in [0.1, 0.15) is 11.1 Å². The smallest absolute Gasteiger partial charge is 0.416 e. The molecule has 0 atom stereocenters. The van der Waals surface area contributed by atoms with Crippen LogP contribution in [0, 0.1) is 0 Å². The minimum absolute atomic E-state index is 0.212. The Kier molecular flexibility index (Phi) is 6.27. The average molecular weight is 352 g/mol. The number of amides is 2. The number of rotatable bonds is 6. The van der Waals surface area contributed by atoms with E-state index in [-0.39, 0.29) is 12.6 Å². The van der Waals surface area contributed by atoms with Crippen molar-refractivity contribution in [3.8, 4) is 5.75 Å². The molecule has 0 bridgehead atoms. The largest absolute Gasteiger partial charge is 0.492 e. The molecule has 0 saturated heterocycles. The highest BCUT2D eigenvalue weighted by atomic mass is 19.4. The maximum absolute atomic E-state index is 12.5. The number of hydrogen-bond donors (Lipinski definition) is 1. The molecule has 0 fully saturated rings. The van der Waals surface area contributed by atoms with Crippen molar-refractivity contribution in [3.05, 3.63) is 65.7 Å². The number of benzene rings is 2. The Balaban J connectivity index is 1.74. The van der Waals surface area contributed by atoms with E-state index in [1.54, 1.807) is 7.05 Å². The van der Waals surface area contributed by atoms with Crippen molar-refractivity contribution in [2.24, 2.45) is 0 Å². The lowest BCUT2D eigenvalue weighted by atomic mass is 10.1. The van der Waals surface area contributed by atoms with E-state index in [0.717, 1.165) is 17.9 Å². The number of nitrogens with zero attached hydrogens (tertiary/aromatic N) is 1. The van der Waals surface area contributed by atoms with Crippen LogP contribution in [0.25, 0.3) is 0 Å². The number of hydrogen-bond acceptors (Lipinski definition) is 2. The lowest BCUT2D eigenvalue weighted by molar-refractivity contribution is -0.137. The van der Waals surface area contributed by atoms with E-state index in [9.17, 15) is 18.0 Å². The summed E-state index contributed by atoms with van der Waals surface area (Å²) in [5.41, 5.74) is -0.0902. The van der Waals surface area contributed by atoms with Crippen molar-refractivity contribution in [2.75, 3.05) is 20.2 Å². The van der Waals surface area contributed by atoms with Gasteiger partial charge in [0.2, 0.25) is 0 Å². The zero-order valence-electron chi connectivity index (χ0n) is 13.7. The van der Waals surface area contributed by atoms with Gasteiger partial charge in [0.1, 0.15) is 12.4 Å². The Morgan fingerprint density at radius 1 is 1.08 bits per heavy atom. The number of urea groups is 1. The zero-order chi connectivity index (χ0) is 18.3. The van der Waals surface area contributed by atoms with Gasteiger partial charge >= 0.3 is 12.2 Å². The van der Waals surface area contributed by atoms with Crippen LogP contribution in [0.4, 0.5) is 18.0 Å². The summed E-state index contributed by atoms with van der Waals surface area (Å²) in [6.07, 6.45) is -4.36. The first-order valence-electron chi connectivity index (χ1n) is 7.69. The van der Waals surface area contributed by atoms with Crippen LogP contribution in [-0.4, -0.2) is 31.1 Å². The normalized spacial score (nSPS) is 11.0. The second-order valence-corrected chi connectivity index (χ2v) is 5.44. The fraction of sp³-hybridized carbons (Fsp3) is 0.278. The zero-order valence-corrected chi connectivity index (χ0v) is 13.7. The molecule has 2 rings (SSSR count). The third-order valence-electron chi connectivity index (χ3n) is 3.44. The third-order valence-corrected chi connectivity index (χ3v) is 3.44. The van der Waals surface area contributed by atoms with Gasteiger partial charge in [0.15, 0.2) is 0 Å². The maximum atomic E-state index is 12.5. The summed E-state index contributed by atoms with van der Waals surface area (Å²) < 4.78 is 43.0. The van der Waals surface area contributed by atoms with Crippen LogP contribution in [0.2, 0.25) is 0 Å². The third kappa shape index (κ3) is 6.02. The summed E-state index contributed by atoms with van der Waals surface area (Å²) in [6.45, 7) is 0.860. The number of halogens is 3. The van der Waals surface area contributed by atoms with Gasteiger partial charge in [-0.05, 0) is 29.8 Å². The van der Waals surface area contributed by atoms with Crippen LogP contribution in [0.3, 0.4) is 0 Å². The van der Waals surface area contributed by atoms with E-state index < -0.39 is 11.7 Å². The maximum Gasteiger partial charge on any atom is 0.416 e. The first-order chi connectivity index (χ1) is 11.9. The monoisotopic (exact) mass is 352 g/mol. The van der Waals surface area contributed by atoms with Gasteiger partial charge in [-0.3, -0.25) is 0 Å². The van der Waals surface area contributed by atoms with Crippen LogP contribution in [0.5, 0.6) is 5.75 Å². The minimum Gasteiger partial charge on any atom is -0.492 e. The van der Waals surface area contributed by atoms with E-state index >= 15 is 0 Å². The molecule has 0 radical (unpaired) electrons. The molecule has 0 unspecified atom stereocenters. The summed E-state index contributed by atoms with van der Waals surface area (Å²) in [4.78, 5) is 13.4. The van der Waals surface area contributed by atoms with Crippen molar-refractivity contribution < 1.29 is 22.7 Å².